The number of carbonyl (C=O) groups excluding carboxylic acids is 1. The second-order valence-corrected chi connectivity index (χ2v) is 8.31. The molecule has 0 bridgehead atoms. The number of likely N-dealkylation sites (tertiary alicyclic amines) is 1. The fourth-order valence-electron chi connectivity index (χ4n) is 3.40. The Bertz CT molecular complexity index is 785. The first-order valence-corrected chi connectivity index (χ1v) is 9.29. The molecular formula is C18H26ClN5O2. The molecule has 0 radical (unpaired) electrons. The molecule has 2 atom stereocenters. The summed E-state index contributed by atoms with van der Waals surface area (Å²) in [6.45, 7) is 10.3. The Morgan fingerprint density at radius 1 is 1.46 bits per heavy atom. The van der Waals surface area contributed by atoms with E-state index in [0.29, 0.717) is 11.1 Å². The first-order chi connectivity index (χ1) is 12.2. The molecule has 0 unspecified atom stereocenters. The minimum absolute atomic E-state index is 0.121. The van der Waals surface area contributed by atoms with Crippen LogP contribution in [0.2, 0.25) is 5.15 Å². The Morgan fingerprint density at radius 2 is 2.23 bits per heavy atom. The highest BCUT2D eigenvalue weighted by Crippen LogP contribution is 2.26. The van der Waals surface area contributed by atoms with Crippen molar-refractivity contribution < 1.29 is 9.53 Å². The van der Waals surface area contributed by atoms with E-state index in [0.717, 1.165) is 42.7 Å². The molecule has 2 aromatic rings. The quantitative estimate of drug-likeness (QED) is 0.799. The van der Waals surface area contributed by atoms with E-state index >= 15 is 0 Å². The number of fused-ring (bicyclic) bond motifs is 1. The zero-order valence-corrected chi connectivity index (χ0v) is 16.4. The van der Waals surface area contributed by atoms with Crippen LogP contribution in [0.1, 0.15) is 39.7 Å². The van der Waals surface area contributed by atoms with Gasteiger partial charge in [-0.2, -0.15) is 0 Å². The van der Waals surface area contributed by atoms with Crippen LogP contribution in [-0.4, -0.2) is 50.7 Å². The third-order valence-electron chi connectivity index (χ3n) is 4.59. The monoisotopic (exact) mass is 379 g/mol. The predicted octanol–water partition coefficient (Wildman–Crippen LogP) is 3.35. The molecule has 0 spiro atoms. The molecule has 1 aliphatic rings. The van der Waals surface area contributed by atoms with Crippen molar-refractivity contribution in [2.75, 3.05) is 13.1 Å². The summed E-state index contributed by atoms with van der Waals surface area (Å²) in [7, 11) is 0. The number of amides is 1. The van der Waals surface area contributed by atoms with E-state index in [1.807, 2.05) is 27.0 Å². The number of halogens is 1. The molecule has 0 saturated carbocycles. The average molecular weight is 380 g/mol. The Kier molecular flexibility index (Phi) is 5.39. The van der Waals surface area contributed by atoms with Crippen molar-refractivity contribution in [1.82, 2.24) is 25.2 Å². The number of nitrogens with zero attached hydrogens (tertiary/aromatic N) is 3. The van der Waals surface area contributed by atoms with E-state index in [9.17, 15) is 4.79 Å². The number of carbonyl (C=O) groups is 1. The molecule has 7 nitrogen and oxygen atoms in total. The first-order valence-electron chi connectivity index (χ1n) is 8.91. The van der Waals surface area contributed by atoms with Crippen LogP contribution in [0.3, 0.4) is 0 Å². The van der Waals surface area contributed by atoms with Crippen LogP contribution in [0.25, 0.3) is 11.0 Å². The van der Waals surface area contributed by atoms with Gasteiger partial charge in [-0.25, -0.2) is 14.8 Å². The molecule has 2 N–H and O–H groups in total. The highest BCUT2D eigenvalue weighted by Gasteiger charge is 2.29. The molecule has 3 heterocycles. The van der Waals surface area contributed by atoms with Crippen LogP contribution in [0.15, 0.2) is 12.5 Å². The van der Waals surface area contributed by atoms with Gasteiger partial charge >= 0.3 is 6.09 Å². The van der Waals surface area contributed by atoms with Gasteiger partial charge in [0.2, 0.25) is 0 Å². The normalized spacial score (nSPS) is 21.7. The van der Waals surface area contributed by atoms with Crippen LogP contribution in [0.4, 0.5) is 4.79 Å². The van der Waals surface area contributed by atoms with Crippen molar-refractivity contribution in [1.29, 1.82) is 0 Å². The predicted molar refractivity (Wildman–Crippen MR) is 101 cm³/mol. The molecular weight excluding hydrogens is 354 g/mol. The zero-order chi connectivity index (χ0) is 18.9. The second-order valence-electron chi connectivity index (χ2n) is 7.96. The highest BCUT2D eigenvalue weighted by molar-refractivity contribution is 6.34. The Balaban J connectivity index is 1.59. The molecule has 3 rings (SSSR count). The van der Waals surface area contributed by atoms with Gasteiger partial charge in [-0.15, -0.1) is 0 Å². The van der Waals surface area contributed by atoms with Gasteiger partial charge in [0.05, 0.1) is 5.39 Å². The Labute approximate surface area is 158 Å². The third kappa shape index (κ3) is 4.45. The summed E-state index contributed by atoms with van der Waals surface area (Å²) in [5.74, 6) is 0.327. The van der Waals surface area contributed by atoms with Gasteiger partial charge in [0.25, 0.3) is 0 Å². The molecule has 1 amide bonds. The van der Waals surface area contributed by atoms with Crippen molar-refractivity contribution in [2.24, 2.45) is 5.92 Å². The fraction of sp³-hybridized carbons (Fsp3) is 0.611. The van der Waals surface area contributed by atoms with Gasteiger partial charge in [-0.1, -0.05) is 18.5 Å². The standard InChI is InChI=1S/C18H26ClN5O2/c1-11-8-24(6-5-13(11)23-17(25)26-18(2,3)4)9-12-7-20-16-14(12)15(19)21-10-22-16/h7,10-11,13H,5-6,8-9H2,1-4H3,(H,23,25)(H,20,21,22)/t11-,13-/m0/s1. The summed E-state index contributed by atoms with van der Waals surface area (Å²) >= 11 is 6.23. The van der Waals surface area contributed by atoms with Gasteiger partial charge < -0.3 is 15.0 Å². The molecule has 8 heteroatoms. The van der Waals surface area contributed by atoms with Gasteiger partial charge in [0, 0.05) is 31.9 Å². The van der Waals surface area contributed by atoms with Crippen molar-refractivity contribution in [3.05, 3.63) is 23.2 Å². The maximum absolute atomic E-state index is 12.0. The number of nitrogens with one attached hydrogen (secondary N) is 2. The number of ether oxygens (including phenoxy) is 1. The van der Waals surface area contributed by atoms with Crippen LogP contribution < -0.4 is 5.32 Å². The lowest BCUT2D eigenvalue weighted by Crippen LogP contribution is -2.50. The summed E-state index contributed by atoms with van der Waals surface area (Å²) in [4.78, 5) is 25.8. The van der Waals surface area contributed by atoms with Crippen molar-refractivity contribution in [2.45, 2.75) is 52.3 Å². The molecule has 26 heavy (non-hydrogen) atoms. The molecule has 0 aromatic carbocycles. The molecule has 0 aliphatic carbocycles. The maximum atomic E-state index is 12.0. The van der Waals surface area contributed by atoms with Gasteiger partial charge in [-0.05, 0) is 38.7 Å². The Hall–Kier alpha value is -1.86. The van der Waals surface area contributed by atoms with Crippen LogP contribution in [0.5, 0.6) is 0 Å². The minimum atomic E-state index is -0.481. The first kappa shape index (κ1) is 18.9. The van der Waals surface area contributed by atoms with Gasteiger partial charge in [-0.3, -0.25) is 4.90 Å². The van der Waals surface area contributed by atoms with Crippen LogP contribution in [0, 0.1) is 5.92 Å². The largest absolute Gasteiger partial charge is 0.444 e. The van der Waals surface area contributed by atoms with Crippen molar-refractivity contribution >= 4 is 28.7 Å². The van der Waals surface area contributed by atoms with Crippen LogP contribution in [-0.2, 0) is 11.3 Å². The molecule has 2 aromatic heterocycles. The number of rotatable bonds is 3. The van der Waals surface area contributed by atoms with Gasteiger partial charge in [0.15, 0.2) is 0 Å². The number of aromatic amines is 1. The molecule has 1 aliphatic heterocycles. The summed E-state index contributed by atoms with van der Waals surface area (Å²) in [5, 5.41) is 4.37. The van der Waals surface area contributed by atoms with Crippen LogP contribution >= 0.6 is 11.6 Å². The minimum Gasteiger partial charge on any atom is -0.444 e. The van der Waals surface area contributed by atoms with E-state index in [1.165, 1.54) is 6.33 Å². The lowest BCUT2D eigenvalue weighted by Gasteiger charge is -2.37. The molecule has 1 saturated heterocycles. The zero-order valence-electron chi connectivity index (χ0n) is 15.7. The van der Waals surface area contributed by atoms with E-state index < -0.39 is 5.60 Å². The number of alkyl carbamates (subject to hydrolysis) is 1. The maximum Gasteiger partial charge on any atom is 0.407 e. The number of aromatic nitrogens is 3. The number of H-pyrrole nitrogens is 1. The second kappa shape index (κ2) is 7.40. The lowest BCUT2D eigenvalue weighted by atomic mass is 9.93. The summed E-state index contributed by atoms with van der Waals surface area (Å²) in [6, 6.07) is 0.121. The lowest BCUT2D eigenvalue weighted by molar-refractivity contribution is 0.0440. The van der Waals surface area contributed by atoms with Crippen molar-refractivity contribution in [3.63, 3.8) is 0 Å². The third-order valence-corrected chi connectivity index (χ3v) is 4.88. The number of piperidine rings is 1. The topological polar surface area (TPSA) is 83.1 Å². The fourth-order valence-corrected chi connectivity index (χ4v) is 3.65. The average Bonchev–Trinajstić information content (AvgIpc) is 2.93. The summed E-state index contributed by atoms with van der Waals surface area (Å²) in [6.07, 6.45) is 3.94. The van der Waals surface area contributed by atoms with E-state index in [4.69, 9.17) is 16.3 Å². The Morgan fingerprint density at radius 3 is 2.92 bits per heavy atom. The van der Waals surface area contributed by atoms with Crippen molar-refractivity contribution in [3.8, 4) is 0 Å². The van der Waals surface area contributed by atoms with E-state index in [1.54, 1.807) is 0 Å². The SMILES string of the molecule is C[C@H]1CN(Cc2c[nH]c3ncnc(Cl)c23)CC[C@@H]1NC(=O)OC(C)(C)C. The van der Waals surface area contributed by atoms with E-state index in [2.05, 4.69) is 32.1 Å². The van der Waals surface area contributed by atoms with E-state index in [-0.39, 0.29) is 12.1 Å². The summed E-state index contributed by atoms with van der Waals surface area (Å²) < 4.78 is 5.37. The smallest absolute Gasteiger partial charge is 0.407 e. The summed E-state index contributed by atoms with van der Waals surface area (Å²) in [5.41, 5.74) is 1.37. The highest BCUT2D eigenvalue weighted by atomic mass is 35.5. The molecule has 142 valence electrons. The molecule has 1 fully saturated rings. The number of hydrogen-bond acceptors (Lipinski definition) is 5. The van der Waals surface area contributed by atoms with Gasteiger partial charge in [0.1, 0.15) is 22.7 Å². The number of hydrogen-bond donors (Lipinski definition) is 2.